The Hall–Kier alpha value is -3.03. The van der Waals surface area contributed by atoms with Crippen molar-refractivity contribution >= 4 is 28.6 Å². The number of aryl methyl sites for hydroxylation is 2. The summed E-state index contributed by atoms with van der Waals surface area (Å²) in [5.74, 6) is -0.321. The Morgan fingerprint density at radius 2 is 1.87 bits per heavy atom. The summed E-state index contributed by atoms with van der Waals surface area (Å²) in [6.45, 7) is 5.78. The van der Waals surface area contributed by atoms with E-state index in [4.69, 9.17) is 0 Å². The quantitative estimate of drug-likeness (QED) is 0.387. The summed E-state index contributed by atoms with van der Waals surface area (Å²) in [5.41, 5.74) is 4.06. The van der Waals surface area contributed by atoms with E-state index in [2.05, 4.69) is 41.8 Å². The van der Waals surface area contributed by atoms with Gasteiger partial charge in [0.1, 0.15) is 5.69 Å². The number of nitro groups is 1. The normalized spacial score (nSPS) is 11.8. The number of nitrogens with one attached hydrogen (secondary N) is 2. The summed E-state index contributed by atoms with van der Waals surface area (Å²) in [5, 5.41) is 19.4. The molecular formula is C23H25N3O3S. The van der Waals surface area contributed by atoms with Crippen molar-refractivity contribution in [3.63, 3.8) is 0 Å². The van der Waals surface area contributed by atoms with Gasteiger partial charge in [-0.05, 0) is 54.0 Å². The molecule has 3 rings (SSSR count). The minimum absolute atomic E-state index is 0.0304. The molecule has 1 aromatic heterocycles. The molecule has 0 aliphatic heterocycles. The number of thiophene rings is 1. The molecule has 2 aromatic carbocycles. The highest BCUT2D eigenvalue weighted by Gasteiger charge is 2.21. The van der Waals surface area contributed by atoms with Gasteiger partial charge in [-0.2, -0.15) is 0 Å². The first-order chi connectivity index (χ1) is 14.4. The minimum Gasteiger partial charge on any atom is -0.319 e. The van der Waals surface area contributed by atoms with Crippen LogP contribution >= 0.6 is 11.3 Å². The Labute approximate surface area is 180 Å². The number of carbonyl (C=O) groups excluding carboxylic acids is 1. The van der Waals surface area contributed by atoms with Gasteiger partial charge in [-0.25, -0.2) is 0 Å². The third kappa shape index (κ3) is 4.93. The number of nitrogens with zero attached hydrogens (tertiary/aromatic N) is 1. The van der Waals surface area contributed by atoms with Crippen molar-refractivity contribution in [2.45, 2.75) is 33.2 Å². The predicted octanol–water partition coefficient (Wildman–Crippen LogP) is 5.15. The molecule has 0 unspecified atom stereocenters. The summed E-state index contributed by atoms with van der Waals surface area (Å²) in [4.78, 5) is 24.7. The average Bonchev–Trinajstić information content (AvgIpc) is 3.26. The second kappa shape index (κ2) is 9.65. The maximum Gasteiger partial charge on any atom is 0.293 e. The number of hydrogen-bond acceptors (Lipinski definition) is 5. The first-order valence-corrected chi connectivity index (χ1v) is 10.7. The third-order valence-corrected chi connectivity index (χ3v) is 6.13. The van der Waals surface area contributed by atoms with Crippen LogP contribution in [0.3, 0.4) is 0 Å². The van der Waals surface area contributed by atoms with E-state index in [9.17, 15) is 14.9 Å². The minimum atomic E-state index is -0.473. The first kappa shape index (κ1) is 21.7. The molecule has 156 valence electrons. The molecule has 0 saturated carbocycles. The van der Waals surface area contributed by atoms with Gasteiger partial charge in [0.15, 0.2) is 0 Å². The monoisotopic (exact) mass is 423 g/mol. The van der Waals surface area contributed by atoms with Crippen molar-refractivity contribution in [2.24, 2.45) is 0 Å². The molecule has 0 fully saturated rings. The van der Waals surface area contributed by atoms with Crippen LogP contribution in [0, 0.1) is 24.0 Å². The highest BCUT2D eigenvalue weighted by Crippen LogP contribution is 2.30. The predicted molar refractivity (Wildman–Crippen MR) is 121 cm³/mol. The van der Waals surface area contributed by atoms with Gasteiger partial charge in [0.25, 0.3) is 5.69 Å². The van der Waals surface area contributed by atoms with E-state index in [0.717, 1.165) is 22.4 Å². The van der Waals surface area contributed by atoms with Gasteiger partial charge >= 0.3 is 0 Å². The summed E-state index contributed by atoms with van der Waals surface area (Å²) in [7, 11) is 0. The standard InChI is InChI=1S/C23H25N3O3S/c1-4-17-8-10-18(11-9-17)23(20-6-5-13-30-20)24-14-21(27)25-22-16(3)15(2)7-12-19(22)26(28)29/h5-13,23-24H,4,14H2,1-3H3,(H,25,27)/t23-/m0/s1. The van der Waals surface area contributed by atoms with Gasteiger partial charge in [0.2, 0.25) is 5.91 Å². The van der Waals surface area contributed by atoms with Crippen LogP contribution in [0.5, 0.6) is 0 Å². The van der Waals surface area contributed by atoms with E-state index in [1.807, 2.05) is 24.4 Å². The molecule has 0 spiro atoms. The van der Waals surface area contributed by atoms with Crippen LogP contribution in [0.15, 0.2) is 53.9 Å². The fourth-order valence-corrected chi connectivity index (χ4v) is 4.10. The van der Waals surface area contributed by atoms with E-state index < -0.39 is 4.92 Å². The number of amides is 1. The second-order valence-corrected chi connectivity index (χ2v) is 8.11. The van der Waals surface area contributed by atoms with Crippen LogP contribution < -0.4 is 10.6 Å². The van der Waals surface area contributed by atoms with Crippen molar-refractivity contribution in [2.75, 3.05) is 11.9 Å². The third-order valence-electron chi connectivity index (χ3n) is 5.19. The van der Waals surface area contributed by atoms with Gasteiger partial charge in [-0.1, -0.05) is 43.3 Å². The van der Waals surface area contributed by atoms with Gasteiger partial charge in [0, 0.05) is 10.9 Å². The van der Waals surface area contributed by atoms with Crippen molar-refractivity contribution in [3.05, 3.63) is 91.2 Å². The van der Waals surface area contributed by atoms with E-state index in [0.29, 0.717) is 5.56 Å². The van der Waals surface area contributed by atoms with E-state index in [1.54, 1.807) is 24.3 Å². The van der Waals surface area contributed by atoms with E-state index in [1.165, 1.54) is 11.6 Å². The molecule has 0 aliphatic carbocycles. The molecule has 1 amide bonds. The Bertz CT molecular complexity index is 1030. The number of rotatable bonds is 8. The van der Waals surface area contributed by atoms with Gasteiger partial charge < -0.3 is 5.32 Å². The molecule has 7 heteroatoms. The number of carbonyl (C=O) groups is 1. The van der Waals surface area contributed by atoms with Gasteiger partial charge in [0.05, 0.1) is 17.5 Å². The maximum absolute atomic E-state index is 12.7. The molecule has 0 bridgehead atoms. The Balaban J connectivity index is 1.77. The zero-order chi connectivity index (χ0) is 21.7. The molecular weight excluding hydrogens is 398 g/mol. The lowest BCUT2D eigenvalue weighted by atomic mass is 10.0. The maximum atomic E-state index is 12.7. The lowest BCUT2D eigenvalue weighted by molar-refractivity contribution is -0.384. The van der Waals surface area contributed by atoms with Crippen molar-refractivity contribution in [1.29, 1.82) is 0 Å². The number of anilines is 1. The Morgan fingerprint density at radius 1 is 1.13 bits per heavy atom. The van der Waals surface area contributed by atoms with Crippen LogP contribution in [0.1, 0.15) is 40.1 Å². The van der Waals surface area contributed by atoms with Crippen molar-refractivity contribution < 1.29 is 9.72 Å². The Morgan fingerprint density at radius 3 is 2.47 bits per heavy atom. The van der Waals surface area contributed by atoms with Crippen LogP contribution in [-0.2, 0) is 11.2 Å². The molecule has 30 heavy (non-hydrogen) atoms. The van der Waals surface area contributed by atoms with E-state index >= 15 is 0 Å². The first-order valence-electron chi connectivity index (χ1n) is 9.80. The number of benzene rings is 2. The topological polar surface area (TPSA) is 84.3 Å². The molecule has 1 atom stereocenters. The molecule has 2 N–H and O–H groups in total. The summed E-state index contributed by atoms with van der Waals surface area (Å²) >= 11 is 1.62. The van der Waals surface area contributed by atoms with Crippen LogP contribution in [-0.4, -0.2) is 17.4 Å². The van der Waals surface area contributed by atoms with Gasteiger partial charge in [-0.3, -0.25) is 20.2 Å². The SMILES string of the molecule is CCc1ccc([C@H](NCC(=O)Nc2c([N+](=O)[O-])ccc(C)c2C)c2cccs2)cc1. The highest BCUT2D eigenvalue weighted by atomic mass is 32.1. The summed E-state index contributed by atoms with van der Waals surface area (Å²) in [6.07, 6.45) is 0.967. The lowest BCUT2D eigenvalue weighted by Gasteiger charge is -2.19. The fraction of sp³-hybridized carbons (Fsp3) is 0.261. The number of hydrogen-bond donors (Lipinski definition) is 2. The van der Waals surface area contributed by atoms with Crippen LogP contribution in [0.4, 0.5) is 11.4 Å². The highest BCUT2D eigenvalue weighted by molar-refractivity contribution is 7.10. The summed E-state index contributed by atoms with van der Waals surface area (Å²) < 4.78 is 0. The largest absolute Gasteiger partial charge is 0.319 e. The zero-order valence-corrected chi connectivity index (χ0v) is 18.1. The van der Waals surface area contributed by atoms with Crippen LogP contribution in [0.2, 0.25) is 0 Å². The smallest absolute Gasteiger partial charge is 0.293 e. The molecule has 0 radical (unpaired) electrons. The summed E-state index contributed by atoms with van der Waals surface area (Å²) in [6, 6.07) is 15.3. The van der Waals surface area contributed by atoms with Gasteiger partial charge in [-0.15, -0.1) is 11.3 Å². The number of nitro benzene ring substituents is 1. The Kier molecular flexibility index (Phi) is 6.97. The van der Waals surface area contributed by atoms with E-state index in [-0.39, 0.29) is 29.9 Å². The molecule has 0 saturated heterocycles. The van der Waals surface area contributed by atoms with Crippen molar-refractivity contribution in [3.8, 4) is 0 Å². The van der Waals surface area contributed by atoms with Crippen LogP contribution in [0.25, 0.3) is 0 Å². The fourth-order valence-electron chi connectivity index (χ4n) is 3.27. The molecule has 1 heterocycles. The average molecular weight is 424 g/mol. The zero-order valence-electron chi connectivity index (χ0n) is 17.3. The lowest BCUT2D eigenvalue weighted by Crippen LogP contribution is -2.32. The molecule has 0 aliphatic rings. The molecule has 3 aromatic rings. The van der Waals surface area contributed by atoms with Crippen molar-refractivity contribution in [1.82, 2.24) is 5.32 Å². The second-order valence-electron chi connectivity index (χ2n) is 7.13. The molecule has 6 nitrogen and oxygen atoms in total.